The number of rotatable bonds is 6. The van der Waals surface area contributed by atoms with Gasteiger partial charge in [-0.05, 0) is 42.9 Å². The average molecular weight is 367 g/mol. The number of esters is 1. The van der Waals surface area contributed by atoms with E-state index in [9.17, 15) is 13.2 Å². The van der Waals surface area contributed by atoms with Crippen molar-refractivity contribution in [2.75, 3.05) is 27.8 Å². The van der Waals surface area contributed by atoms with Crippen molar-refractivity contribution in [2.24, 2.45) is 11.8 Å². The number of nitrogens with zero attached hydrogens (tertiary/aromatic N) is 1. The van der Waals surface area contributed by atoms with Gasteiger partial charge < -0.3 is 9.47 Å². The standard InChI is InChI=1S/C18H25NO5S/c1-13-7-5-6-8-15(13)12-24-18(20)14-9-10-16(23-4)17(11-14)25(21,22)19(2)3/h5-6,9-11,13,15H,7-8,12H2,1-4H3/t13-,15-/m1/s1. The van der Waals surface area contributed by atoms with Crippen molar-refractivity contribution in [1.29, 1.82) is 0 Å². The lowest BCUT2D eigenvalue weighted by Gasteiger charge is -2.24. The molecule has 25 heavy (non-hydrogen) atoms. The van der Waals surface area contributed by atoms with E-state index in [1.165, 1.54) is 39.4 Å². The van der Waals surface area contributed by atoms with Crippen molar-refractivity contribution in [3.05, 3.63) is 35.9 Å². The fourth-order valence-electron chi connectivity index (χ4n) is 2.71. The SMILES string of the molecule is COc1ccc(C(=O)OC[C@H]2CC=CC[C@H]2C)cc1S(=O)(=O)N(C)C. The number of allylic oxidation sites excluding steroid dienone is 2. The number of benzene rings is 1. The van der Waals surface area contributed by atoms with Crippen LogP contribution in [0.5, 0.6) is 5.75 Å². The van der Waals surface area contributed by atoms with Crippen molar-refractivity contribution < 1.29 is 22.7 Å². The Hall–Kier alpha value is -1.86. The summed E-state index contributed by atoms with van der Waals surface area (Å²) in [7, 11) is 0.517. The summed E-state index contributed by atoms with van der Waals surface area (Å²) in [5.41, 5.74) is 0.195. The number of methoxy groups -OCH3 is 1. The lowest BCUT2D eigenvalue weighted by atomic mass is 9.85. The Labute approximate surface area is 149 Å². The van der Waals surface area contributed by atoms with E-state index in [4.69, 9.17) is 9.47 Å². The van der Waals surface area contributed by atoms with Crippen LogP contribution < -0.4 is 4.74 Å². The molecule has 0 radical (unpaired) electrons. The number of carbonyl (C=O) groups excluding carboxylic acids is 1. The Kier molecular flexibility index (Phi) is 6.24. The Morgan fingerprint density at radius 2 is 1.92 bits per heavy atom. The van der Waals surface area contributed by atoms with E-state index < -0.39 is 16.0 Å². The Balaban J connectivity index is 2.19. The minimum Gasteiger partial charge on any atom is -0.495 e. The minimum atomic E-state index is -3.73. The van der Waals surface area contributed by atoms with Gasteiger partial charge in [-0.25, -0.2) is 17.5 Å². The molecule has 1 aliphatic carbocycles. The molecule has 0 N–H and O–H groups in total. The average Bonchev–Trinajstić information content (AvgIpc) is 2.60. The molecule has 0 spiro atoms. The molecule has 6 nitrogen and oxygen atoms in total. The first-order valence-electron chi connectivity index (χ1n) is 8.20. The second-order valence-corrected chi connectivity index (χ2v) is 8.55. The summed E-state index contributed by atoms with van der Waals surface area (Å²) in [5.74, 6) is 0.409. The highest BCUT2D eigenvalue weighted by molar-refractivity contribution is 7.89. The van der Waals surface area contributed by atoms with Crippen molar-refractivity contribution in [3.8, 4) is 5.75 Å². The molecule has 0 fully saturated rings. The molecule has 0 aromatic heterocycles. The van der Waals surface area contributed by atoms with Crippen LogP contribution in [0.25, 0.3) is 0 Å². The van der Waals surface area contributed by atoms with Gasteiger partial charge in [0.25, 0.3) is 0 Å². The highest BCUT2D eigenvalue weighted by Crippen LogP contribution is 2.28. The number of sulfonamides is 1. The van der Waals surface area contributed by atoms with Gasteiger partial charge in [-0.3, -0.25) is 0 Å². The topological polar surface area (TPSA) is 72.9 Å². The quantitative estimate of drug-likeness (QED) is 0.571. The van der Waals surface area contributed by atoms with Crippen LogP contribution >= 0.6 is 0 Å². The lowest BCUT2D eigenvalue weighted by Crippen LogP contribution is -2.24. The van der Waals surface area contributed by atoms with E-state index in [-0.39, 0.29) is 22.1 Å². The molecule has 1 aliphatic rings. The summed E-state index contributed by atoms with van der Waals surface area (Å²) in [5, 5.41) is 0. The molecule has 0 heterocycles. The molecule has 1 aromatic carbocycles. The zero-order chi connectivity index (χ0) is 18.6. The molecule has 2 rings (SSSR count). The van der Waals surface area contributed by atoms with E-state index in [1.54, 1.807) is 0 Å². The predicted molar refractivity (Wildman–Crippen MR) is 95.2 cm³/mol. The van der Waals surface area contributed by atoms with Crippen LogP contribution in [-0.2, 0) is 14.8 Å². The first-order valence-corrected chi connectivity index (χ1v) is 9.64. The Morgan fingerprint density at radius 1 is 1.24 bits per heavy atom. The highest BCUT2D eigenvalue weighted by atomic mass is 32.2. The van der Waals surface area contributed by atoms with Crippen molar-refractivity contribution in [3.63, 3.8) is 0 Å². The van der Waals surface area contributed by atoms with E-state index in [0.29, 0.717) is 12.5 Å². The van der Waals surface area contributed by atoms with Crippen LogP contribution in [0.4, 0.5) is 0 Å². The molecule has 0 aliphatic heterocycles. The van der Waals surface area contributed by atoms with Crippen LogP contribution in [0.15, 0.2) is 35.2 Å². The van der Waals surface area contributed by atoms with Gasteiger partial charge in [-0.15, -0.1) is 0 Å². The maximum atomic E-state index is 12.4. The summed E-state index contributed by atoms with van der Waals surface area (Å²) in [6.45, 7) is 2.46. The summed E-state index contributed by atoms with van der Waals surface area (Å²) >= 11 is 0. The first-order chi connectivity index (χ1) is 11.8. The zero-order valence-corrected chi connectivity index (χ0v) is 15.9. The van der Waals surface area contributed by atoms with Crippen molar-refractivity contribution in [1.82, 2.24) is 4.31 Å². The summed E-state index contributed by atoms with van der Waals surface area (Å²) < 4.78 is 36.5. The fraction of sp³-hybridized carbons (Fsp3) is 0.500. The van der Waals surface area contributed by atoms with Gasteiger partial charge >= 0.3 is 5.97 Å². The lowest BCUT2D eigenvalue weighted by molar-refractivity contribution is 0.0395. The molecule has 0 amide bonds. The Morgan fingerprint density at radius 3 is 2.52 bits per heavy atom. The molecular formula is C18H25NO5S. The molecule has 1 aromatic rings. The maximum absolute atomic E-state index is 12.4. The first kappa shape index (κ1) is 19.5. The molecule has 138 valence electrons. The van der Waals surface area contributed by atoms with E-state index >= 15 is 0 Å². The van der Waals surface area contributed by atoms with E-state index in [0.717, 1.165) is 17.1 Å². The Bertz CT molecular complexity index is 755. The second kappa shape index (κ2) is 8.01. The number of carbonyl (C=O) groups is 1. The number of hydrogen-bond donors (Lipinski definition) is 0. The largest absolute Gasteiger partial charge is 0.495 e. The molecule has 2 atom stereocenters. The molecule has 0 bridgehead atoms. The molecule has 0 unspecified atom stereocenters. The van der Waals surface area contributed by atoms with Gasteiger partial charge in [-0.1, -0.05) is 19.1 Å². The summed E-state index contributed by atoms with van der Waals surface area (Å²) in [4.78, 5) is 12.3. The van der Waals surface area contributed by atoms with E-state index in [1.807, 2.05) is 0 Å². The third kappa shape index (κ3) is 4.41. The maximum Gasteiger partial charge on any atom is 0.338 e. The highest BCUT2D eigenvalue weighted by Gasteiger charge is 2.25. The van der Waals surface area contributed by atoms with Gasteiger partial charge in [0.2, 0.25) is 10.0 Å². The molecule has 7 heteroatoms. The van der Waals surface area contributed by atoms with Crippen LogP contribution in [0.3, 0.4) is 0 Å². The molecule has 0 saturated carbocycles. The third-order valence-electron chi connectivity index (χ3n) is 4.50. The fourth-order valence-corrected chi connectivity index (χ4v) is 3.78. The summed E-state index contributed by atoms with van der Waals surface area (Å²) in [6.07, 6.45) is 6.12. The van der Waals surface area contributed by atoms with Crippen LogP contribution in [-0.4, -0.2) is 46.5 Å². The van der Waals surface area contributed by atoms with Gasteiger partial charge in [0.15, 0.2) is 0 Å². The zero-order valence-electron chi connectivity index (χ0n) is 15.1. The van der Waals surface area contributed by atoms with Gasteiger partial charge in [-0.2, -0.15) is 0 Å². The second-order valence-electron chi connectivity index (χ2n) is 6.43. The normalized spacial score (nSPS) is 20.5. The van der Waals surface area contributed by atoms with Gasteiger partial charge in [0.05, 0.1) is 19.3 Å². The van der Waals surface area contributed by atoms with E-state index in [2.05, 4.69) is 19.1 Å². The molecule has 0 saturated heterocycles. The minimum absolute atomic E-state index is 0.0524. The van der Waals surface area contributed by atoms with Gasteiger partial charge in [0, 0.05) is 14.1 Å². The van der Waals surface area contributed by atoms with Crippen LogP contribution in [0.2, 0.25) is 0 Å². The van der Waals surface area contributed by atoms with Crippen LogP contribution in [0, 0.1) is 11.8 Å². The van der Waals surface area contributed by atoms with Crippen molar-refractivity contribution >= 4 is 16.0 Å². The number of ether oxygens (including phenoxy) is 2. The third-order valence-corrected chi connectivity index (χ3v) is 6.34. The predicted octanol–water partition coefficient (Wildman–Crippen LogP) is 2.70. The number of hydrogen-bond acceptors (Lipinski definition) is 5. The monoisotopic (exact) mass is 367 g/mol. The van der Waals surface area contributed by atoms with Crippen LogP contribution in [0.1, 0.15) is 30.1 Å². The summed E-state index contributed by atoms with van der Waals surface area (Å²) in [6, 6.07) is 4.29. The molecular weight excluding hydrogens is 342 g/mol. The van der Waals surface area contributed by atoms with Gasteiger partial charge in [0.1, 0.15) is 10.6 Å². The van der Waals surface area contributed by atoms with Crippen molar-refractivity contribution in [2.45, 2.75) is 24.7 Å². The smallest absolute Gasteiger partial charge is 0.338 e.